The van der Waals surface area contributed by atoms with E-state index in [0.29, 0.717) is 17.0 Å². The number of aryl methyl sites for hydroxylation is 1. The summed E-state index contributed by atoms with van der Waals surface area (Å²) in [6.45, 7) is 2.17. The van der Waals surface area contributed by atoms with E-state index >= 15 is 0 Å². The summed E-state index contributed by atoms with van der Waals surface area (Å²) in [6.07, 6.45) is 0. The molecule has 0 saturated heterocycles. The number of anilines is 2. The van der Waals surface area contributed by atoms with E-state index in [9.17, 15) is 4.79 Å². The first-order chi connectivity index (χ1) is 13.1. The van der Waals surface area contributed by atoms with Crippen LogP contribution in [-0.4, -0.2) is 19.6 Å². The smallest absolute Gasteiger partial charge is 0.243 e. The zero-order chi connectivity index (χ0) is 18.8. The third-order valence-electron chi connectivity index (χ3n) is 4.44. The van der Waals surface area contributed by atoms with Crippen LogP contribution in [0.3, 0.4) is 0 Å². The number of methoxy groups -OCH3 is 1. The molecule has 1 heterocycles. The van der Waals surface area contributed by atoms with Crippen molar-refractivity contribution in [3.8, 4) is 5.75 Å². The second-order valence-corrected chi connectivity index (χ2v) is 6.42. The first-order valence-corrected chi connectivity index (χ1v) is 8.74. The third kappa shape index (κ3) is 3.44. The highest BCUT2D eigenvalue weighted by Gasteiger charge is 2.14. The van der Waals surface area contributed by atoms with Crippen LogP contribution < -0.4 is 15.4 Å². The number of hydrogen-bond acceptors (Lipinski definition) is 4. The van der Waals surface area contributed by atoms with Gasteiger partial charge in [-0.3, -0.25) is 4.79 Å². The van der Waals surface area contributed by atoms with Crippen molar-refractivity contribution in [2.24, 2.45) is 0 Å². The summed E-state index contributed by atoms with van der Waals surface area (Å²) in [5, 5.41) is 8.00. The molecule has 4 aromatic rings. The van der Waals surface area contributed by atoms with Gasteiger partial charge >= 0.3 is 0 Å². The van der Waals surface area contributed by atoms with Crippen molar-refractivity contribution in [2.75, 3.05) is 24.3 Å². The lowest BCUT2D eigenvalue weighted by molar-refractivity contribution is -0.114. The van der Waals surface area contributed by atoms with Crippen LogP contribution in [0, 0.1) is 6.92 Å². The Kier molecular flexibility index (Phi) is 4.42. The Hall–Kier alpha value is -3.47. The zero-order valence-electron chi connectivity index (χ0n) is 15.2. The van der Waals surface area contributed by atoms with Crippen LogP contribution in [-0.2, 0) is 4.79 Å². The SMILES string of the molecule is COc1cc2c(cc1NC(=O)CNc1cccc(C)c1)oc1ccccc12. The molecule has 0 spiro atoms. The molecular formula is C22H20N2O3. The normalized spacial score (nSPS) is 10.9. The minimum atomic E-state index is -0.162. The predicted molar refractivity (Wildman–Crippen MR) is 109 cm³/mol. The van der Waals surface area contributed by atoms with E-state index < -0.39 is 0 Å². The summed E-state index contributed by atoms with van der Waals surface area (Å²) in [7, 11) is 1.59. The van der Waals surface area contributed by atoms with Crippen molar-refractivity contribution in [2.45, 2.75) is 6.92 Å². The van der Waals surface area contributed by atoms with Crippen LogP contribution in [0.4, 0.5) is 11.4 Å². The number of rotatable bonds is 5. The van der Waals surface area contributed by atoms with E-state index in [0.717, 1.165) is 27.6 Å². The van der Waals surface area contributed by atoms with Crippen molar-refractivity contribution in [3.05, 3.63) is 66.2 Å². The number of furan rings is 1. The number of fused-ring (bicyclic) bond motifs is 3. The van der Waals surface area contributed by atoms with Crippen LogP contribution in [0.2, 0.25) is 0 Å². The molecule has 2 N–H and O–H groups in total. The second kappa shape index (κ2) is 7.03. The molecule has 0 unspecified atom stereocenters. The van der Waals surface area contributed by atoms with Crippen molar-refractivity contribution in [1.82, 2.24) is 0 Å². The van der Waals surface area contributed by atoms with Gasteiger partial charge in [-0.05, 0) is 36.8 Å². The Labute approximate surface area is 156 Å². The Bertz CT molecular complexity index is 1130. The fourth-order valence-corrected chi connectivity index (χ4v) is 3.15. The van der Waals surface area contributed by atoms with E-state index in [4.69, 9.17) is 9.15 Å². The highest BCUT2D eigenvalue weighted by atomic mass is 16.5. The molecule has 0 radical (unpaired) electrons. The second-order valence-electron chi connectivity index (χ2n) is 6.42. The Morgan fingerprint density at radius 2 is 1.85 bits per heavy atom. The van der Waals surface area contributed by atoms with Crippen LogP contribution in [0.1, 0.15) is 5.56 Å². The van der Waals surface area contributed by atoms with Gasteiger partial charge in [0.1, 0.15) is 16.9 Å². The molecule has 0 saturated carbocycles. The molecule has 0 fully saturated rings. The molecule has 5 heteroatoms. The maximum absolute atomic E-state index is 12.4. The first-order valence-electron chi connectivity index (χ1n) is 8.74. The molecule has 4 rings (SSSR count). The lowest BCUT2D eigenvalue weighted by Gasteiger charge is -2.11. The molecule has 27 heavy (non-hydrogen) atoms. The average molecular weight is 360 g/mol. The molecule has 0 bridgehead atoms. The van der Waals surface area contributed by atoms with Gasteiger partial charge in [-0.1, -0.05) is 30.3 Å². The number of carbonyl (C=O) groups excluding carboxylic acids is 1. The Balaban J connectivity index is 1.57. The minimum absolute atomic E-state index is 0.158. The molecule has 0 aliphatic heterocycles. The van der Waals surface area contributed by atoms with Gasteiger partial charge in [0, 0.05) is 22.5 Å². The van der Waals surface area contributed by atoms with Crippen LogP contribution in [0.5, 0.6) is 5.75 Å². The van der Waals surface area contributed by atoms with Gasteiger partial charge in [0.15, 0.2) is 0 Å². The number of carbonyl (C=O) groups is 1. The first kappa shape index (κ1) is 17.0. The number of amides is 1. The molecule has 0 atom stereocenters. The lowest BCUT2D eigenvalue weighted by atomic mass is 10.1. The van der Waals surface area contributed by atoms with E-state index in [1.807, 2.05) is 61.5 Å². The van der Waals surface area contributed by atoms with Crippen molar-refractivity contribution < 1.29 is 13.9 Å². The van der Waals surface area contributed by atoms with E-state index in [2.05, 4.69) is 10.6 Å². The highest BCUT2D eigenvalue weighted by Crippen LogP contribution is 2.36. The molecule has 0 aliphatic carbocycles. The van der Waals surface area contributed by atoms with Crippen molar-refractivity contribution in [3.63, 3.8) is 0 Å². The summed E-state index contributed by atoms with van der Waals surface area (Å²) in [5.74, 6) is 0.434. The number of hydrogen-bond donors (Lipinski definition) is 2. The summed E-state index contributed by atoms with van der Waals surface area (Å²) in [4.78, 5) is 12.4. The zero-order valence-corrected chi connectivity index (χ0v) is 15.2. The van der Waals surface area contributed by atoms with Gasteiger partial charge in [0.25, 0.3) is 0 Å². The van der Waals surface area contributed by atoms with E-state index in [-0.39, 0.29) is 12.5 Å². The van der Waals surface area contributed by atoms with Gasteiger partial charge in [0.2, 0.25) is 5.91 Å². The quantitative estimate of drug-likeness (QED) is 0.528. The van der Waals surface area contributed by atoms with Gasteiger partial charge in [-0.15, -0.1) is 0 Å². The molecule has 5 nitrogen and oxygen atoms in total. The molecule has 136 valence electrons. The molecular weight excluding hydrogens is 340 g/mol. The summed E-state index contributed by atoms with van der Waals surface area (Å²) in [5.41, 5.74) is 4.14. The maximum atomic E-state index is 12.4. The van der Waals surface area contributed by atoms with Crippen LogP contribution >= 0.6 is 0 Å². The predicted octanol–water partition coefficient (Wildman–Crippen LogP) is 4.95. The van der Waals surface area contributed by atoms with Gasteiger partial charge in [-0.2, -0.15) is 0 Å². The topological polar surface area (TPSA) is 63.5 Å². The number of ether oxygens (including phenoxy) is 1. The van der Waals surface area contributed by atoms with Crippen LogP contribution in [0.25, 0.3) is 21.9 Å². The lowest BCUT2D eigenvalue weighted by Crippen LogP contribution is -2.22. The number of nitrogens with one attached hydrogen (secondary N) is 2. The number of para-hydroxylation sites is 1. The fraction of sp³-hybridized carbons (Fsp3) is 0.136. The van der Waals surface area contributed by atoms with Crippen LogP contribution in [0.15, 0.2) is 65.1 Å². The number of benzene rings is 3. The summed E-state index contributed by atoms with van der Waals surface area (Å²) < 4.78 is 11.4. The largest absolute Gasteiger partial charge is 0.495 e. The van der Waals surface area contributed by atoms with Crippen molar-refractivity contribution in [1.29, 1.82) is 0 Å². The highest BCUT2D eigenvalue weighted by molar-refractivity contribution is 6.08. The van der Waals surface area contributed by atoms with Gasteiger partial charge in [-0.25, -0.2) is 0 Å². The molecule has 1 amide bonds. The van der Waals surface area contributed by atoms with Gasteiger partial charge < -0.3 is 19.8 Å². The standard InChI is InChI=1S/C22H20N2O3/c1-14-6-5-7-15(10-14)23-13-22(25)24-18-12-20-17(11-21(18)26-2)16-8-3-4-9-19(16)27-20/h3-12,23H,13H2,1-2H3,(H,24,25). The summed E-state index contributed by atoms with van der Waals surface area (Å²) >= 11 is 0. The Morgan fingerprint density at radius 1 is 1.00 bits per heavy atom. The van der Waals surface area contributed by atoms with E-state index in [1.165, 1.54) is 0 Å². The van der Waals surface area contributed by atoms with E-state index in [1.54, 1.807) is 13.2 Å². The molecule has 3 aromatic carbocycles. The average Bonchev–Trinajstić information content (AvgIpc) is 3.03. The molecule has 0 aliphatic rings. The Morgan fingerprint density at radius 3 is 2.67 bits per heavy atom. The molecule has 1 aromatic heterocycles. The monoisotopic (exact) mass is 360 g/mol. The fourth-order valence-electron chi connectivity index (χ4n) is 3.15. The third-order valence-corrected chi connectivity index (χ3v) is 4.44. The summed E-state index contributed by atoms with van der Waals surface area (Å²) in [6, 6.07) is 19.4. The van der Waals surface area contributed by atoms with Gasteiger partial charge in [0.05, 0.1) is 19.3 Å². The maximum Gasteiger partial charge on any atom is 0.243 e. The minimum Gasteiger partial charge on any atom is -0.495 e. The van der Waals surface area contributed by atoms with Crippen molar-refractivity contribution >= 4 is 39.2 Å².